The van der Waals surface area contributed by atoms with Crippen LogP contribution in [0.5, 0.6) is 0 Å². The molecule has 0 aliphatic heterocycles. The predicted molar refractivity (Wildman–Crippen MR) is 65.3 cm³/mol. The minimum absolute atomic E-state index is 0.263. The van der Waals surface area contributed by atoms with Crippen molar-refractivity contribution in [1.29, 1.82) is 0 Å². The third-order valence-electron chi connectivity index (χ3n) is 2.73. The molecular formula is C13H26O3. The second kappa shape index (κ2) is 12.7. The quantitative estimate of drug-likeness (QED) is 0.506. The van der Waals surface area contributed by atoms with Crippen LogP contribution in [0.1, 0.15) is 64.2 Å². The maximum Gasteiger partial charge on any atom is 0.132 e. The molecule has 0 radical (unpaired) electrons. The highest BCUT2D eigenvalue weighted by Crippen LogP contribution is 2.08. The number of rotatable bonds is 12. The number of ketones is 1. The summed E-state index contributed by atoms with van der Waals surface area (Å²) >= 11 is 0. The molecule has 96 valence electrons. The molecule has 0 aromatic carbocycles. The van der Waals surface area contributed by atoms with Gasteiger partial charge in [-0.25, -0.2) is 0 Å². The van der Waals surface area contributed by atoms with Crippen LogP contribution in [-0.4, -0.2) is 29.2 Å². The monoisotopic (exact) mass is 230 g/mol. The van der Waals surface area contributed by atoms with E-state index in [1.165, 1.54) is 0 Å². The van der Waals surface area contributed by atoms with Gasteiger partial charge >= 0.3 is 0 Å². The van der Waals surface area contributed by atoms with Crippen LogP contribution < -0.4 is 0 Å². The molecule has 16 heavy (non-hydrogen) atoms. The summed E-state index contributed by atoms with van der Waals surface area (Å²) in [7, 11) is 0. The molecule has 0 spiro atoms. The van der Waals surface area contributed by atoms with E-state index in [1.54, 1.807) is 0 Å². The van der Waals surface area contributed by atoms with Gasteiger partial charge in [0.05, 0.1) is 0 Å². The molecule has 2 N–H and O–H groups in total. The number of hydrogen-bond donors (Lipinski definition) is 2. The third kappa shape index (κ3) is 11.7. The zero-order valence-electron chi connectivity index (χ0n) is 10.3. The molecule has 0 amide bonds. The zero-order valence-corrected chi connectivity index (χ0v) is 10.3. The Kier molecular flexibility index (Phi) is 12.3. The van der Waals surface area contributed by atoms with Crippen LogP contribution in [0.3, 0.4) is 0 Å². The van der Waals surface area contributed by atoms with Gasteiger partial charge in [-0.05, 0) is 25.7 Å². The lowest BCUT2D eigenvalue weighted by molar-refractivity contribution is -0.119. The molecule has 3 nitrogen and oxygen atoms in total. The predicted octanol–water partition coefficient (Wildman–Crippen LogP) is 2.44. The van der Waals surface area contributed by atoms with E-state index in [2.05, 4.69) is 0 Å². The molecule has 0 aromatic rings. The summed E-state index contributed by atoms with van der Waals surface area (Å²) in [6.45, 7) is 0.525. The Hall–Kier alpha value is -0.410. The molecule has 0 heterocycles. The lowest BCUT2D eigenvalue weighted by Gasteiger charge is -2.01. The summed E-state index contributed by atoms with van der Waals surface area (Å²) in [6, 6.07) is 0. The van der Waals surface area contributed by atoms with Gasteiger partial charge in [0.15, 0.2) is 0 Å². The topological polar surface area (TPSA) is 57.5 Å². The van der Waals surface area contributed by atoms with Crippen molar-refractivity contribution in [2.75, 3.05) is 13.2 Å². The van der Waals surface area contributed by atoms with Gasteiger partial charge in [0.2, 0.25) is 0 Å². The smallest absolute Gasteiger partial charge is 0.132 e. The number of aliphatic hydroxyl groups excluding tert-OH is 2. The molecular weight excluding hydrogens is 204 g/mol. The lowest BCUT2D eigenvalue weighted by atomic mass is 10.0. The Morgan fingerprint density at radius 2 is 1.00 bits per heavy atom. The van der Waals surface area contributed by atoms with E-state index in [0.29, 0.717) is 18.6 Å². The SMILES string of the molecule is O=C(CCCCCCO)CCCCCCO. The minimum Gasteiger partial charge on any atom is -0.396 e. The molecule has 0 bridgehead atoms. The Labute approximate surface area is 98.9 Å². The van der Waals surface area contributed by atoms with E-state index in [0.717, 1.165) is 51.4 Å². The summed E-state index contributed by atoms with van der Waals surface area (Å²) in [4.78, 5) is 11.4. The number of hydrogen-bond acceptors (Lipinski definition) is 3. The van der Waals surface area contributed by atoms with Gasteiger partial charge in [0.25, 0.3) is 0 Å². The normalized spacial score (nSPS) is 10.6. The Balaban J connectivity index is 3.12. The van der Waals surface area contributed by atoms with Crippen molar-refractivity contribution < 1.29 is 15.0 Å². The summed E-state index contributed by atoms with van der Waals surface area (Å²) in [5.74, 6) is 0.369. The number of Topliss-reactive ketones (excluding diaryl/α,β-unsaturated/α-hetero) is 1. The van der Waals surface area contributed by atoms with Gasteiger partial charge in [-0.3, -0.25) is 4.79 Å². The van der Waals surface area contributed by atoms with Crippen LogP contribution in [0.4, 0.5) is 0 Å². The summed E-state index contributed by atoms with van der Waals surface area (Å²) in [5, 5.41) is 17.2. The minimum atomic E-state index is 0.263. The highest BCUT2D eigenvalue weighted by molar-refractivity contribution is 5.78. The molecule has 0 aromatic heterocycles. The molecule has 3 heteroatoms. The lowest BCUT2D eigenvalue weighted by Crippen LogP contribution is -1.98. The van der Waals surface area contributed by atoms with E-state index in [-0.39, 0.29) is 13.2 Å². The van der Waals surface area contributed by atoms with Gasteiger partial charge in [-0.1, -0.05) is 25.7 Å². The summed E-state index contributed by atoms with van der Waals surface area (Å²) in [5.41, 5.74) is 0. The van der Waals surface area contributed by atoms with E-state index in [9.17, 15) is 4.79 Å². The second-order valence-corrected chi connectivity index (χ2v) is 4.31. The van der Waals surface area contributed by atoms with Crippen LogP contribution in [0.2, 0.25) is 0 Å². The van der Waals surface area contributed by atoms with Crippen LogP contribution in [0, 0.1) is 0 Å². The molecule has 0 atom stereocenters. The zero-order chi connectivity index (χ0) is 12.1. The van der Waals surface area contributed by atoms with Crippen LogP contribution in [0.25, 0.3) is 0 Å². The van der Waals surface area contributed by atoms with Crippen molar-refractivity contribution in [2.45, 2.75) is 64.2 Å². The maximum absolute atomic E-state index is 11.4. The second-order valence-electron chi connectivity index (χ2n) is 4.31. The van der Waals surface area contributed by atoms with Gasteiger partial charge in [0, 0.05) is 26.1 Å². The van der Waals surface area contributed by atoms with Gasteiger partial charge in [0.1, 0.15) is 5.78 Å². The maximum atomic E-state index is 11.4. The fraction of sp³-hybridized carbons (Fsp3) is 0.923. The molecule has 0 aliphatic carbocycles. The van der Waals surface area contributed by atoms with Crippen LogP contribution in [-0.2, 0) is 4.79 Å². The van der Waals surface area contributed by atoms with Crippen molar-refractivity contribution in [1.82, 2.24) is 0 Å². The summed E-state index contributed by atoms with van der Waals surface area (Å²) < 4.78 is 0. The summed E-state index contributed by atoms with van der Waals surface area (Å²) in [6.07, 6.45) is 9.21. The molecule has 0 saturated carbocycles. The van der Waals surface area contributed by atoms with Crippen LogP contribution in [0.15, 0.2) is 0 Å². The molecule has 0 saturated heterocycles. The average Bonchev–Trinajstić information content (AvgIpc) is 2.28. The van der Waals surface area contributed by atoms with Gasteiger partial charge in [-0.2, -0.15) is 0 Å². The molecule has 0 rings (SSSR count). The van der Waals surface area contributed by atoms with E-state index in [1.807, 2.05) is 0 Å². The standard InChI is InChI=1S/C13H26O3/c14-11-7-3-1-5-9-13(16)10-6-2-4-8-12-15/h14-15H,1-12H2. The van der Waals surface area contributed by atoms with Gasteiger partial charge < -0.3 is 10.2 Å². The first-order valence-corrected chi connectivity index (χ1v) is 6.54. The number of aliphatic hydroxyl groups is 2. The number of carbonyl (C=O) groups is 1. The Bertz CT molecular complexity index is 141. The highest BCUT2D eigenvalue weighted by atomic mass is 16.3. The highest BCUT2D eigenvalue weighted by Gasteiger charge is 2.01. The van der Waals surface area contributed by atoms with E-state index >= 15 is 0 Å². The average molecular weight is 230 g/mol. The van der Waals surface area contributed by atoms with Crippen molar-refractivity contribution >= 4 is 5.78 Å². The fourth-order valence-electron chi connectivity index (χ4n) is 1.70. The van der Waals surface area contributed by atoms with Crippen molar-refractivity contribution in [3.8, 4) is 0 Å². The van der Waals surface area contributed by atoms with Crippen molar-refractivity contribution in [3.63, 3.8) is 0 Å². The molecule has 0 aliphatic rings. The molecule has 0 fully saturated rings. The molecule has 0 unspecified atom stereocenters. The number of carbonyl (C=O) groups excluding carboxylic acids is 1. The Morgan fingerprint density at radius 1 is 0.625 bits per heavy atom. The first-order valence-electron chi connectivity index (χ1n) is 6.54. The fourth-order valence-corrected chi connectivity index (χ4v) is 1.70. The Morgan fingerprint density at radius 3 is 1.38 bits per heavy atom. The van der Waals surface area contributed by atoms with Crippen LogP contribution >= 0.6 is 0 Å². The first kappa shape index (κ1) is 15.6. The van der Waals surface area contributed by atoms with Gasteiger partial charge in [-0.15, -0.1) is 0 Å². The van der Waals surface area contributed by atoms with Crippen molar-refractivity contribution in [3.05, 3.63) is 0 Å². The third-order valence-corrected chi connectivity index (χ3v) is 2.73. The number of unbranched alkanes of at least 4 members (excludes halogenated alkanes) is 6. The van der Waals surface area contributed by atoms with E-state index < -0.39 is 0 Å². The first-order chi connectivity index (χ1) is 7.81. The van der Waals surface area contributed by atoms with Crippen molar-refractivity contribution in [2.24, 2.45) is 0 Å². The largest absolute Gasteiger partial charge is 0.396 e. The van der Waals surface area contributed by atoms with E-state index in [4.69, 9.17) is 10.2 Å².